The first-order valence-electron chi connectivity index (χ1n) is 21.2. The molecule has 10 aromatic carbocycles. The smallest absolute Gasteiger partial charge is 0.136 e. The fraction of sp³-hybridized carbons (Fsp3) is 0. The van der Waals surface area contributed by atoms with E-state index in [0.717, 1.165) is 39.1 Å². The molecule has 0 saturated heterocycles. The first-order valence-corrected chi connectivity index (χ1v) is 21.2. The zero-order chi connectivity index (χ0) is 40.2. The van der Waals surface area contributed by atoms with Gasteiger partial charge in [-0.3, -0.25) is 0 Å². The van der Waals surface area contributed by atoms with E-state index in [9.17, 15) is 0 Å². The Balaban J connectivity index is 0.900. The van der Waals surface area contributed by atoms with Gasteiger partial charge in [0.15, 0.2) is 0 Å². The van der Waals surface area contributed by atoms with Gasteiger partial charge >= 0.3 is 0 Å². The average Bonchev–Trinajstić information content (AvgIpc) is 4.06. The molecule has 4 heterocycles. The number of para-hydroxylation sites is 3. The summed E-state index contributed by atoms with van der Waals surface area (Å²) in [6, 6.07) is 70.6. The molecule has 0 fully saturated rings. The van der Waals surface area contributed by atoms with Crippen molar-refractivity contribution in [3.63, 3.8) is 0 Å². The quantitative estimate of drug-likeness (QED) is 0.178. The molecule has 0 atom stereocenters. The highest BCUT2D eigenvalue weighted by Crippen LogP contribution is 2.51. The number of aromatic nitrogens is 2. The Labute approximate surface area is 353 Å². The van der Waals surface area contributed by atoms with Gasteiger partial charge in [0.2, 0.25) is 0 Å². The predicted octanol–water partition coefficient (Wildman–Crippen LogP) is 16.1. The lowest BCUT2D eigenvalue weighted by Crippen LogP contribution is -1.94. The maximum atomic E-state index is 6.75. The number of benzene rings is 10. The van der Waals surface area contributed by atoms with Gasteiger partial charge in [0, 0.05) is 59.9 Å². The van der Waals surface area contributed by atoms with Crippen LogP contribution in [0.25, 0.3) is 143 Å². The minimum atomic E-state index is 0.897. The molecule has 0 N–H and O–H groups in total. The Morgan fingerprint density at radius 2 is 0.823 bits per heavy atom. The van der Waals surface area contributed by atoms with Crippen LogP contribution in [0.2, 0.25) is 0 Å². The van der Waals surface area contributed by atoms with Crippen molar-refractivity contribution < 1.29 is 8.83 Å². The third-order valence-corrected chi connectivity index (χ3v) is 13.6. The number of furan rings is 2. The van der Waals surface area contributed by atoms with Crippen LogP contribution in [-0.4, -0.2) is 9.13 Å². The van der Waals surface area contributed by atoms with Gasteiger partial charge in [0.05, 0.1) is 22.1 Å². The summed E-state index contributed by atoms with van der Waals surface area (Å²) in [6.07, 6.45) is 0. The van der Waals surface area contributed by atoms with Crippen molar-refractivity contribution in [1.82, 2.24) is 9.13 Å². The molecule has 15 rings (SSSR count). The molecule has 4 nitrogen and oxygen atoms in total. The summed E-state index contributed by atoms with van der Waals surface area (Å²) in [4.78, 5) is 0. The molecular formula is C58H32N2O2. The van der Waals surface area contributed by atoms with E-state index in [-0.39, 0.29) is 0 Å². The fourth-order valence-electron chi connectivity index (χ4n) is 11.0. The standard InChI is InChI=1S/C58H32N2O2/c1-2-11-38(12-3-1)59-46-17-6-4-14-40(46)43-29-35(20-24-48(43)59)36-21-25-49-44(30-36)41-15-5-7-18-47(41)60(49)39-13-8-10-34(28-39)37-31-45-42-16-9-19-50-55(42)57-51(61-50)26-22-33-23-27-52-58(54(33)57)56(45)53(32-37)62-52/h1-32H. The van der Waals surface area contributed by atoms with Gasteiger partial charge in [-0.15, -0.1) is 0 Å². The highest BCUT2D eigenvalue weighted by molar-refractivity contribution is 6.37. The summed E-state index contributed by atoms with van der Waals surface area (Å²) in [5, 5.41) is 12.0. The topological polar surface area (TPSA) is 36.1 Å². The van der Waals surface area contributed by atoms with Crippen LogP contribution >= 0.6 is 0 Å². The van der Waals surface area contributed by atoms with Crippen LogP contribution in [0.4, 0.5) is 0 Å². The van der Waals surface area contributed by atoms with Crippen molar-refractivity contribution in [2.45, 2.75) is 0 Å². The van der Waals surface area contributed by atoms with E-state index in [1.807, 2.05) is 0 Å². The van der Waals surface area contributed by atoms with E-state index >= 15 is 0 Å². The molecule has 0 saturated carbocycles. The van der Waals surface area contributed by atoms with Crippen LogP contribution in [0.5, 0.6) is 0 Å². The zero-order valence-electron chi connectivity index (χ0n) is 33.2. The Kier molecular flexibility index (Phi) is 6.13. The van der Waals surface area contributed by atoms with Crippen LogP contribution in [0.15, 0.2) is 203 Å². The van der Waals surface area contributed by atoms with Crippen LogP contribution in [0.1, 0.15) is 0 Å². The molecule has 1 aliphatic rings. The lowest BCUT2D eigenvalue weighted by Gasteiger charge is -2.12. The summed E-state index contributed by atoms with van der Waals surface area (Å²) < 4.78 is 18.0. The molecule has 0 bridgehead atoms. The van der Waals surface area contributed by atoms with Crippen molar-refractivity contribution in [3.8, 4) is 44.8 Å². The Hall–Kier alpha value is -8.34. The summed E-state index contributed by atoms with van der Waals surface area (Å²) in [5.41, 5.74) is 17.6. The van der Waals surface area contributed by atoms with Gasteiger partial charge in [-0.1, -0.05) is 103 Å². The molecule has 1 aliphatic carbocycles. The zero-order valence-corrected chi connectivity index (χ0v) is 33.2. The highest BCUT2D eigenvalue weighted by Gasteiger charge is 2.26. The molecule has 14 aromatic rings. The maximum Gasteiger partial charge on any atom is 0.136 e. The summed E-state index contributed by atoms with van der Waals surface area (Å²) >= 11 is 0. The minimum Gasteiger partial charge on any atom is -0.456 e. The number of fused-ring (bicyclic) bond motifs is 7. The van der Waals surface area contributed by atoms with Gasteiger partial charge < -0.3 is 18.0 Å². The van der Waals surface area contributed by atoms with Crippen molar-refractivity contribution in [1.29, 1.82) is 0 Å². The predicted molar refractivity (Wildman–Crippen MR) is 257 cm³/mol. The third kappa shape index (κ3) is 4.20. The molecule has 4 heteroatoms. The normalized spacial score (nSPS) is 12.5. The Bertz CT molecular complexity index is 4270. The monoisotopic (exact) mass is 788 g/mol. The van der Waals surface area contributed by atoms with E-state index in [0.29, 0.717) is 0 Å². The Morgan fingerprint density at radius 3 is 1.53 bits per heavy atom. The lowest BCUT2D eigenvalue weighted by atomic mass is 9.94. The molecule has 0 unspecified atom stereocenters. The van der Waals surface area contributed by atoms with Crippen molar-refractivity contribution in [2.24, 2.45) is 0 Å². The number of rotatable bonds is 4. The van der Waals surface area contributed by atoms with E-state index in [1.54, 1.807) is 0 Å². The first-order chi connectivity index (χ1) is 30.7. The molecule has 4 aromatic heterocycles. The lowest BCUT2D eigenvalue weighted by molar-refractivity contribution is 0.669. The van der Waals surface area contributed by atoms with Crippen molar-refractivity contribution in [3.05, 3.63) is 194 Å². The summed E-state index contributed by atoms with van der Waals surface area (Å²) in [7, 11) is 0. The molecule has 0 amide bonds. The fourth-order valence-corrected chi connectivity index (χ4v) is 11.0. The largest absolute Gasteiger partial charge is 0.456 e. The van der Waals surface area contributed by atoms with Gasteiger partial charge in [-0.2, -0.15) is 0 Å². The minimum absolute atomic E-state index is 0.897. The second kappa shape index (κ2) is 11.7. The summed E-state index contributed by atoms with van der Waals surface area (Å²) in [6.45, 7) is 0. The molecule has 0 spiro atoms. The highest BCUT2D eigenvalue weighted by atomic mass is 16.3. The molecule has 0 aliphatic heterocycles. The van der Waals surface area contributed by atoms with Gasteiger partial charge in [0.25, 0.3) is 0 Å². The van der Waals surface area contributed by atoms with Crippen LogP contribution < -0.4 is 0 Å². The Morgan fingerprint density at radius 1 is 0.274 bits per heavy atom. The SMILES string of the molecule is c1ccc(-n2c3ccccc3c3cc(-c4ccc5c(c4)c4ccccc4n5-c4cccc(-c5cc6c7c(c5)oc5ccc8ccc9oc%10cccc-6c%10c9c8c57)c4)ccc32)cc1. The van der Waals surface area contributed by atoms with E-state index in [1.165, 1.54) is 104 Å². The molecule has 62 heavy (non-hydrogen) atoms. The van der Waals surface area contributed by atoms with Crippen LogP contribution in [-0.2, 0) is 0 Å². The van der Waals surface area contributed by atoms with Gasteiger partial charge in [-0.25, -0.2) is 0 Å². The second-order valence-corrected chi connectivity index (χ2v) is 16.8. The third-order valence-electron chi connectivity index (χ3n) is 13.6. The average molecular weight is 789 g/mol. The molecule has 0 radical (unpaired) electrons. The number of nitrogens with zero attached hydrogens (tertiary/aromatic N) is 2. The van der Waals surface area contributed by atoms with E-state index < -0.39 is 0 Å². The number of hydrogen-bond donors (Lipinski definition) is 0. The van der Waals surface area contributed by atoms with Crippen molar-refractivity contribution in [2.75, 3.05) is 0 Å². The van der Waals surface area contributed by atoms with Crippen LogP contribution in [0, 0.1) is 0 Å². The van der Waals surface area contributed by atoms with Crippen molar-refractivity contribution >= 4 is 98.3 Å². The maximum absolute atomic E-state index is 6.75. The van der Waals surface area contributed by atoms with Crippen LogP contribution in [0.3, 0.4) is 0 Å². The molecular weight excluding hydrogens is 757 g/mol. The summed E-state index contributed by atoms with van der Waals surface area (Å²) in [5.74, 6) is 0. The van der Waals surface area contributed by atoms with E-state index in [2.05, 4.69) is 203 Å². The molecule has 286 valence electrons. The van der Waals surface area contributed by atoms with Gasteiger partial charge in [-0.05, 0) is 130 Å². The first kappa shape index (κ1) is 32.5. The second-order valence-electron chi connectivity index (χ2n) is 16.8. The van der Waals surface area contributed by atoms with E-state index in [4.69, 9.17) is 8.83 Å². The number of hydrogen-bond acceptors (Lipinski definition) is 2. The van der Waals surface area contributed by atoms with Gasteiger partial charge in [0.1, 0.15) is 22.3 Å².